The summed E-state index contributed by atoms with van der Waals surface area (Å²) in [5, 5.41) is 11.0. The fourth-order valence-electron chi connectivity index (χ4n) is 0.779. The molecule has 74 valence electrons. The fourth-order valence-corrected chi connectivity index (χ4v) is 1.36. The second-order valence-electron chi connectivity index (χ2n) is 2.66. The number of rotatable bonds is 4. The van der Waals surface area contributed by atoms with Gasteiger partial charge in [0.15, 0.2) is 15.7 Å². The molecule has 0 radical (unpaired) electrons. The first-order valence-corrected chi connectivity index (χ1v) is 5.72. The predicted molar refractivity (Wildman–Crippen MR) is 45.4 cm³/mol. The number of hydrogen-bond acceptors (Lipinski definition) is 6. The van der Waals surface area contributed by atoms with Crippen LogP contribution < -0.4 is 5.73 Å². The molecule has 0 aromatic carbocycles. The molecule has 0 aliphatic rings. The Morgan fingerprint density at radius 1 is 1.54 bits per heavy atom. The Bertz CT molecular complexity index is 370. The summed E-state index contributed by atoms with van der Waals surface area (Å²) >= 11 is 0. The van der Waals surface area contributed by atoms with Crippen LogP contribution in [0.3, 0.4) is 0 Å². The average molecular weight is 205 g/mol. The van der Waals surface area contributed by atoms with Gasteiger partial charge in [-0.25, -0.2) is 8.42 Å². The molecule has 1 aromatic heterocycles. The third kappa shape index (κ3) is 3.47. The van der Waals surface area contributed by atoms with Crippen LogP contribution in [0, 0.1) is 0 Å². The van der Waals surface area contributed by atoms with Gasteiger partial charge in [-0.05, 0) is 5.21 Å². The minimum atomic E-state index is -3.09. The summed E-state index contributed by atoms with van der Waals surface area (Å²) in [7, 11) is -3.09. The zero-order valence-electron chi connectivity index (χ0n) is 7.21. The van der Waals surface area contributed by atoms with E-state index in [1.54, 1.807) is 0 Å². The van der Waals surface area contributed by atoms with E-state index in [2.05, 4.69) is 15.4 Å². The van der Waals surface area contributed by atoms with Crippen molar-refractivity contribution in [1.82, 2.24) is 20.2 Å². The molecule has 13 heavy (non-hydrogen) atoms. The summed E-state index contributed by atoms with van der Waals surface area (Å²) in [5.41, 5.74) is 5.25. The first kappa shape index (κ1) is 10.1. The minimum Gasteiger partial charge on any atom is -0.329 e. The van der Waals surface area contributed by atoms with Gasteiger partial charge in [0.2, 0.25) is 0 Å². The van der Waals surface area contributed by atoms with E-state index in [1.807, 2.05) is 0 Å². The highest BCUT2D eigenvalue weighted by Gasteiger charge is 2.09. The van der Waals surface area contributed by atoms with E-state index in [0.717, 1.165) is 6.26 Å². The Morgan fingerprint density at radius 2 is 2.23 bits per heavy atom. The zero-order chi connectivity index (χ0) is 9.90. The van der Waals surface area contributed by atoms with Crippen LogP contribution in [0.1, 0.15) is 5.82 Å². The maximum Gasteiger partial charge on any atom is 0.189 e. The third-order valence-electron chi connectivity index (χ3n) is 1.21. The molecule has 0 aliphatic heterocycles. The van der Waals surface area contributed by atoms with Crippen LogP contribution in [0.4, 0.5) is 0 Å². The van der Waals surface area contributed by atoms with E-state index in [9.17, 15) is 8.42 Å². The Balaban J connectivity index is 2.69. The third-order valence-corrected chi connectivity index (χ3v) is 2.00. The Morgan fingerprint density at radius 3 is 2.77 bits per heavy atom. The van der Waals surface area contributed by atoms with Gasteiger partial charge in [0.05, 0.1) is 6.54 Å². The molecule has 0 atom stereocenters. The zero-order valence-corrected chi connectivity index (χ0v) is 8.03. The maximum atomic E-state index is 10.8. The maximum absolute atomic E-state index is 10.8. The molecule has 0 spiro atoms. The number of nitrogens with zero attached hydrogens (tertiary/aromatic N) is 4. The average Bonchev–Trinajstić information content (AvgIpc) is 2.33. The molecule has 0 fully saturated rings. The topological polar surface area (TPSA) is 104 Å². The number of aromatic nitrogens is 4. The number of tetrazole rings is 1. The van der Waals surface area contributed by atoms with Crippen molar-refractivity contribution in [3.8, 4) is 0 Å². The Kier molecular flexibility index (Phi) is 2.94. The molecule has 0 saturated heterocycles. The lowest BCUT2D eigenvalue weighted by Crippen LogP contribution is -2.12. The van der Waals surface area contributed by atoms with Crippen molar-refractivity contribution in [1.29, 1.82) is 0 Å². The smallest absolute Gasteiger partial charge is 0.189 e. The predicted octanol–water partition coefficient (Wildman–Crippen LogP) is -1.82. The summed E-state index contributed by atoms with van der Waals surface area (Å²) in [6.45, 7) is 0.839. The van der Waals surface area contributed by atoms with Crippen LogP contribution in [0.5, 0.6) is 0 Å². The van der Waals surface area contributed by atoms with E-state index < -0.39 is 9.84 Å². The quantitative estimate of drug-likeness (QED) is 0.620. The molecule has 1 rings (SSSR count). The monoisotopic (exact) mass is 205 g/mol. The minimum absolute atomic E-state index is 0.183. The van der Waals surface area contributed by atoms with Gasteiger partial charge >= 0.3 is 0 Å². The van der Waals surface area contributed by atoms with Crippen molar-refractivity contribution in [2.45, 2.75) is 12.3 Å². The highest BCUT2D eigenvalue weighted by atomic mass is 32.2. The van der Waals surface area contributed by atoms with Gasteiger partial charge in [0, 0.05) is 12.8 Å². The van der Waals surface area contributed by atoms with Gasteiger partial charge in [-0.1, -0.05) is 0 Å². The van der Waals surface area contributed by atoms with Crippen molar-refractivity contribution >= 4 is 9.84 Å². The highest BCUT2D eigenvalue weighted by Crippen LogP contribution is 1.94. The van der Waals surface area contributed by atoms with E-state index in [-0.39, 0.29) is 11.6 Å². The second-order valence-corrected chi connectivity index (χ2v) is 4.80. The lowest BCUT2D eigenvalue weighted by molar-refractivity contribution is 0.529. The first-order valence-electron chi connectivity index (χ1n) is 3.66. The lowest BCUT2D eigenvalue weighted by atomic mass is 10.7. The number of sulfone groups is 1. The normalized spacial score (nSPS) is 11.8. The van der Waals surface area contributed by atoms with Crippen molar-refractivity contribution in [3.05, 3.63) is 5.82 Å². The number of hydrogen-bond donors (Lipinski definition) is 1. The van der Waals surface area contributed by atoms with E-state index in [0.29, 0.717) is 13.1 Å². The summed E-state index contributed by atoms with van der Waals surface area (Å²) in [6, 6.07) is 0. The summed E-state index contributed by atoms with van der Waals surface area (Å²) in [6.07, 6.45) is 1.12. The highest BCUT2D eigenvalue weighted by molar-refractivity contribution is 7.89. The summed E-state index contributed by atoms with van der Waals surface area (Å²) in [5.74, 6) is 0.0216. The first-order chi connectivity index (χ1) is 6.01. The van der Waals surface area contributed by atoms with Gasteiger partial charge in [-0.15, -0.1) is 10.2 Å². The van der Waals surface area contributed by atoms with Crippen molar-refractivity contribution in [2.24, 2.45) is 5.73 Å². The molecule has 2 N–H and O–H groups in total. The molecule has 0 amide bonds. The fraction of sp³-hybridized carbons (Fsp3) is 0.800. The Hall–Kier alpha value is -1.02. The van der Waals surface area contributed by atoms with Crippen molar-refractivity contribution in [3.63, 3.8) is 0 Å². The van der Waals surface area contributed by atoms with Gasteiger partial charge in [-0.3, -0.25) is 0 Å². The van der Waals surface area contributed by atoms with E-state index in [4.69, 9.17) is 5.73 Å². The molecule has 0 unspecified atom stereocenters. The van der Waals surface area contributed by atoms with Crippen molar-refractivity contribution in [2.75, 3.05) is 12.8 Å². The molecule has 0 bridgehead atoms. The molecule has 1 aromatic rings. The van der Waals surface area contributed by atoms with Gasteiger partial charge in [0.1, 0.15) is 5.75 Å². The van der Waals surface area contributed by atoms with Crippen LogP contribution in [0.15, 0.2) is 0 Å². The molecule has 1 heterocycles. The van der Waals surface area contributed by atoms with Crippen LogP contribution in [-0.4, -0.2) is 41.4 Å². The van der Waals surface area contributed by atoms with Crippen molar-refractivity contribution < 1.29 is 8.42 Å². The lowest BCUT2D eigenvalue weighted by Gasteiger charge is -1.91. The van der Waals surface area contributed by atoms with Crippen LogP contribution in [0.2, 0.25) is 0 Å². The van der Waals surface area contributed by atoms with Gasteiger partial charge in [0.25, 0.3) is 0 Å². The summed E-state index contributed by atoms with van der Waals surface area (Å²) in [4.78, 5) is 1.28. The second kappa shape index (κ2) is 3.79. The molecule has 0 aliphatic carbocycles. The SMILES string of the molecule is CS(=O)(=O)Cc1nnn(CCN)n1. The Labute approximate surface area is 75.8 Å². The van der Waals surface area contributed by atoms with Crippen LogP contribution in [0.25, 0.3) is 0 Å². The molecule has 8 heteroatoms. The molecule has 0 saturated carbocycles. The molecular weight excluding hydrogens is 194 g/mol. The van der Waals surface area contributed by atoms with Gasteiger partial charge < -0.3 is 5.73 Å². The number of nitrogens with two attached hydrogens (primary N) is 1. The molecule has 7 nitrogen and oxygen atoms in total. The van der Waals surface area contributed by atoms with Gasteiger partial charge in [-0.2, -0.15) is 4.80 Å². The standard InChI is InChI=1S/C5H11N5O2S/c1-13(11,12)4-5-7-9-10(8-5)3-2-6/h2-4,6H2,1H3. The molecular formula is C5H11N5O2S. The van der Waals surface area contributed by atoms with Crippen LogP contribution >= 0.6 is 0 Å². The van der Waals surface area contributed by atoms with Crippen LogP contribution in [-0.2, 0) is 22.1 Å². The largest absolute Gasteiger partial charge is 0.329 e. The van der Waals surface area contributed by atoms with E-state index >= 15 is 0 Å². The van der Waals surface area contributed by atoms with E-state index in [1.165, 1.54) is 4.80 Å². The summed E-state index contributed by atoms with van der Waals surface area (Å²) < 4.78 is 21.7.